The molecule has 0 aliphatic rings. The van der Waals surface area contributed by atoms with Gasteiger partial charge in [-0.2, -0.15) is 5.26 Å². The topological polar surface area (TPSA) is 79.2 Å². The Bertz CT molecular complexity index is 622. The van der Waals surface area contributed by atoms with E-state index in [1.54, 1.807) is 20.8 Å². The first-order chi connectivity index (χ1) is 10.7. The molecule has 124 valence electrons. The molecule has 0 radical (unpaired) electrons. The number of hydrogen-bond donors (Lipinski definition) is 1. The van der Waals surface area contributed by atoms with Gasteiger partial charge in [-0.15, -0.1) is 0 Å². The lowest BCUT2D eigenvalue weighted by Gasteiger charge is -2.27. The number of benzene rings is 1. The number of nitrogens with zero attached hydrogens (tertiary/aromatic N) is 1. The van der Waals surface area contributed by atoms with E-state index >= 15 is 0 Å². The van der Waals surface area contributed by atoms with Crippen LogP contribution >= 0.6 is 11.6 Å². The number of ether oxygens (including phenoxy) is 1. The fraction of sp³-hybridized carbons (Fsp3) is 0.438. The van der Waals surface area contributed by atoms with Gasteiger partial charge in [0.25, 0.3) is 5.91 Å². The summed E-state index contributed by atoms with van der Waals surface area (Å²) in [5.74, 6) is -2.12. The Kier molecular flexibility index (Phi) is 6.52. The molecule has 0 saturated carbocycles. The average Bonchev–Trinajstić information content (AvgIpc) is 2.48. The number of halogens is 2. The second-order valence-corrected chi connectivity index (χ2v) is 5.96. The first kappa shape index (κ1) is 18.9. The van der Waals surface area contributed by atoms with Gasteiger partial charge < -0.3 is 10.1 Å². The van der Waals surface area contributed by atoms with Gasteiger partial charge in [-0.25, -0.2) is 4.39 Å². The minimum atomic E-state index is -1.06. The molecule has 0 unspecified atom stereocenters. The maximum absolute atomic E-state index is 13.6. The number of nitriles is 1. The van der Waals surface area contributed by atoms with Crippen molar-refractivity contribution in [3.63, 3.8) is 0 Å². The van der Waals surface area contributed by atoms with Crippen LogP contribution in [0.3, 0.4) is 0 Å². The Morgan fingerprint density at radius 2 is 2.13 bits per heavy atom. The second-order valence-electron chi connectivity index (χ2n) is 5.55. The molecule has 1 N–H and O–H groups in total. The maximum atomic E-state index is 13.6. The summed E-state index contributed by atoms with van der Waals surface area (Å²) >= 11 is 5.81. The van der Waals surface area contributed by atoms with Gasteiger partial charge in [0.05, 0.1) is 12.5 Å². The molecule has 0 aromatic heterocycles. The first-order valence-corrected chi connectivity index (χ1v) is 7.38. The molecule has 0 bridgehead atoms. The van der Waals surface area contributed by atoms with Gasteiger partial charge in [-0.05, 0) is 25.0 Å². The van der Waals surface area contributed by atoms with Gasteiger partial charge in [-0.3, -0.25) is 9.59 Å². The minimum Gasteiger partial charge on any atom is -0.455 e. The van der Waals surface area contributed by atoms with Crippen molar-refractivity contribution >= 4 is 23.5 Å². The lowest BCUT2D eigenvalue weighted by molar-refractivity contribution is -0.148. The molecule has 1 aromatic rings. The summed E-state index contributed by atoms with van der Waals surface area (Å²) in [7, 11) is 0. The van der Waals surface area contributed by atoms with E-state index in [-0.39, 0.29) is 22.9 Å². The fourth-order valence-corrected chi connectivity index (χ4v) is 1.90. The standard InChI is InChI=1S/C16H18ClFN2O3/c1-10(2)16(3,9-19)20-14(21)8-23-15(22)7-11-12(17)5-4-6-13(11)18/h4-6,10H,7-8H2,1-3H3,(H,20,21)/t16-/m1/s1. The SMILES string of the molecule is CC(C)[C@@](C)(C#N)NC(=O)COC(=O)Cc1c(F)cccc1Cl. The average molecular weight is 341 g/mol. The van der Waals surface area contributed by atoms with Crippen molar-refractivity contribution in [1.29, 1.82) is 5.26 Å². The third kappa shape index (κ3) is 5.22. The van der Waals surface area contributed by atoms with E-state index in [9.17, 15) is 14.0 Å². The summed E-state index contributed by atoms with van der Waals surface area (Å²) in [5.41, 5.74) is -1.04. The highest BCUT2D eigenvalue weighted by molar-refractivity contribution is 6.31. The van der Waals surface area contributed by atoms with Crippen LogP contribution in [0.1, 0.15) is 26.3 Å². The highest BCUT2D eigenvalue weighted by Crippen LogP contribution is 2.19. The molecule has 1 atom stereocenters. The van der Waals surface area contributed by atoms with Crippen LogP contribution in [0.2, 0.25) is 5.02 Å². The van der Waals surface area contributed by atoms with Crippen molar-refractivity contribution < 1.29 is 18.7 Å². The van der Waals surface area contributed by atoms with Crippen molar-refractivity contribution in [1.82, 2.24) is 5.32 Å². The van der Waals surface area contributed by atoms with Gasteiger partial charge >= 0.3 is 5.97 Å². The van der Waals surface area contributed by atoms with Crippen molar-refractivity contribution in [3.05, 3.63) is 34.6 Å². The van der Waals surface area contributed by atoms with E-state index < -0.39 is 29.8 Å². The highest BCUT2D eigenvalue weighted by atomic mass is 35.5. The Balaban J connectivity index is 2.57. The third-order valence-electron chi connectivity index (χ3n) is 3.53. The Morgan fingerprint density at radius 1 is 1.48 bits per heavy atom. The van der Waals surface area contributed by atoms with Crippen LogP contribution in [0.4, 0.5) is 4.39 Å². The van der Waals surface area contributed by atoms with Crippen LogP contribution in [-0.4, -0.2) is 24.0 Å². The number of carbonyl (C=O) groups is 2. The molecule has 0 heterocycles. The summed E-state index contributed by atoms with van der Waals surface area (Å²) in [4.78, 5) is 23.5. The summed E-state index contributed by atoms with van der Waals surface area (Å²) in [6.45, 7) is 4.61. The van der Waals surface area contributed by atoms with Gasteiger partial charge in [0.15, 0.2) is 6.61 Å². The Labute approximate surface area is 139 Å². The van der Waals surface area contributed by atoms with Crippen LogP contribution in [0.25, 0.3) is 0 Å². The van der Waals surface area contributed by atoms with Crippen LogP contribution < -0.4 is 5.32 Å². The van der Waals surface area contributed by atoms with E-state index in [1.807, 2.05) is 6.07 Å². The van der Waals surface area contributed by atoms with Crippen molar-refractivity contribution in [2.45, 2.75) is 32.7 Å². The molecule has 1 rings (SSSR count). The summed E-state index contributed by atoms with van der Waals surface area (Å²) in [5, 5.41) is 11.7. The van der Waals surface area contributed by atoms with E-state index in [0.29, 0.717) is 0 Å². The normalized spacial score (nSPS) is 13.1. The zero-order valence-electron chi connectivity index (χ0n) is 13.2. The van der Waals surface area contributed by atoms with Gasteiger partial charge in [0, 0.05) is 10.6 Å². The van der Waals surface area contributed by atoms with Crippen LogP contribution in [0, 0.1) is 23.1 Å². The lowest BCUT2D eigenvalue weighted by atomic mass is 9.90. The van der Waals surface area contributed by atoms with Crippen LogP contribution in [0.15, 0.2) is 18.2 Å². The van der Waals surface area contributed by atoms with E-state index in [0.717, 1.165) is 0 Å². The predicted octanol–water partition coefficient (Wildman–Crippen LogP) is 2.62. The number of hydrogen-bond acceptors (Lipinski definition) is 4. The fourth-order valence-electron chi connectivity index (χ4n) is 1.67. The quantitative estimate of drug-likeness (QED) is 0.807. The molecular formula is C16H18ClFN2O3. The second kappa shape index (κ2) is 7.93. The summed E-state index contributed by atoms with van der Waals surface area (Å²) in [6.07, 6.45) is -0.377. The molecule has 7 heteroatoms. The summed E-state index contributed by atoms with van der Waals surface area (Å²) in [6, 6.07) is 6.08. The first-order valence-electron chi connectivity index (χ1n) is 7.00. The largest absolute Gasteiger partial charge is 0.455 e. The molecule has 0 spiro atoms. The van der Waals surface area contributed by atoms with Crippen molar-refractivity contribution in [2.75, 3.05) is 6.61 Å². The van der Waals surface area contributed by atoms with Gasteiger partial charge in [0.2, 0.25) is 0 Å². The van der Waals surface area contributed by atoms with Gasteiger partial charge in [-0.1, -0.05) is 31.5 Å². The van der Waals surface area contributed by atoms with Crippen molar-refractivity contribution in [2.24, 2.45) is 5.92 Å². The number of amides is 1. The molecule has 23 heavy (non-hydrogen) atoms. The van der Waals surface area contributed by atoms with E-state index in [4.69, 9.17) is 21.6 Å². The Morgan fingerprint density at radius 3 is 2.65 bits per heavy atom. The van der Waals surface area contributed by atoms with Crippen LogP contribution in [-0.2, 0) is 20.7 Å². The molecule has 5 nitrogen and oxygen atoms in total. The summed E-state index contributed by atoms with van der Waals surface area (Å²) < 4.78 is 18.4. The smallest absolute Gasteiger partial charge is 0.310 e. The molecular weight excluding hydrogens is 323 g/mol. The molecule has 0 aliphatic heterocycles. The zero-order valence-corrected chi connectivity index (χ0v) is 13.9. The molecule has 1 aromatic carbocycles. The van der Waals surface area contributed by atoms with E-state index in [1.165, 1.54) is 18.2 Å². The maximum Gasteiger partial charge on any atom is 0.310 e. The van der Waals surface area contributed by atoms with Crippen molar-refractivity contribution in [3.8, 4) is 6.07 Å². The zero-order chi connectivity index (χ0) is 17.6. The number of rotatable bonds is 6. The van der Waals surface area contributed by atoms with Gasteiger partial charge in [0.1, 0.15) is 11.4 Å². The molecule has 0 saturated heterocycles. The number of esters is 1. The number of nitrogens with one attached hydrogen (secondary N) is 1. The molecule has 0 fully saturated rings. The molecule has 1 amide bonds. The third-order valence-corrected chi connectivity index (χ3v) is 3.89. The van der Waals surface area contributed by atoms with Crippen LogP contribution in [0.5, 0.6) is 0 Å². The highest BCUT2D eigenvalue weighted by Gasteiger charge is 2.30. The van der Waals surface area contributed by atoms with E-state index in [2.05, 4.69) is 5.32 Å². The Hall–Kier alpha value is -2.13. The monoisotopic (exact) mass is 340 g/mol. The molecule has 0 aliphatic carbocycles. The minimum absolute atomic E-state index is 0.0172. The number of carbonyl (C=O) groups excluding carboxylic acids is 2. The lowest BCUT2D eigenvalue weighted by Crippen LogP contribution is -2.50. The predicted molar refractivity (Wildman–Crippen MR) is 83.1 cm³/mol.